The zero-order valence-electron chi connectivity index (χ0n) is 12.5. The van der Waals surface area contributed by atoms with Crippen molar-refractivity contribution in [2.45, 2.75) is 22.0 Å². The number of amides is 1. The summed E-state index contributed by atoms with van der Waals surface area (Å²) in [6.45, 7) is 1.61. The van der Waals surface area contributed by atoms with E-state index < -0.39 is 26.9 Å². The second-order valence-electron chi connectivity index (χ2n) is 4.89. The lowest BCUT2D eigenvalue weighted by molar-refractivity contribution is -0.115. The molecule has 0 saturated heterocycles. The highest BCUT2D eigenvalue weighted by Gasteiger charge is 2.16. The van der Waals surface area contributed by atoms with Crippen LogP contribution in [0.15, 0.2) is 52.3 Å². The van der Waals surface area contributed by atoms with Gasteiger partial charge < -0.3 is 5.32 Å². The van der Waals surface area contributed by atoms with Crippen molar-refractivity contribution in [2.24, 2.45) is 5.14 Å². The first kappa shape index (κ1) is 18.4. The fourth-order valence-corrected chi connectivity index (χ4v) is 3.19. The summed E-state index contributed by atoms with van der Waals surface area (Å²) in [6.07, 6.45) is 0. The third kappa shape index (κ3) is 4.76. The Morgan fingerprint density at radius 2 is 1.75 bits per heavy atom. The van der Waals surface area contributed by atoms with Crippen LogP contribution in [0.25, 0.3) is 0 Å². The molecule has 1 amide bonds. The molecule has 0 bridgehead atoms. The van der Waals surface area contributed by atoms with E-state index in [2.05, 4.69) is 5.32 Å². The summed E-state index contributed by atoms with van der Waals surface area (Å²) in [4.78, 5) is 12.5. The number of halogens is 2. The molecule has 0 radical (unpaired) electrons. The lowest BCUT2D eigenvalue weighted by Gasteiger charge is -2.12. The number of thioether (sulfide) groups is 1. The van der Waals surface area contributed by atoms with Crippen LogP contribution in [0.3, 0.4) is 0 Å². The smallest absolute Gasteiger partial charge is 0.238 e. The SMILES string of the molecule is C[C@H](Sc1ccc(F)c(F)c1)C(=O)Nc1ccc(S(N)(=O)=O)cc1. The molecule has 0 aliphatic heterocycles. The molecule has 3 N–H and O–H groups in total. The third-order valence-corrected chi connectivity index (χ3v) is 5.05. The summed E-state index contributed by atoms with van der Waals surface area (Å²) in [5.41, 5.74) is 0.394. The van der Waals surface area contributed by atoms with Crippen LogP contribution in [0, 0.1) is 11.6 Å². The van der Waals surface area contributed by atoms with E-state index in [1.165, 1.54) is 30.3 Å². The Labute approximate surface area is 142 Å². The van der Waals surface area contributed by atoms with E-state index in [0.717, 1.165) is 23.9 Å². The predicted octanol–water partition coefficient (Wildman–Crippen LogP) is 2.73. The minimum Gasteiger partial charge on any atom is -0.325 e. The molecule has 2 rings (SSSR count). The molecule has 2 aromatic carbocycles. The van der Waals surface area contributed by atoms with Gasteiger partial charge in [0.1, 0.15) is 0 Å². The summed E-state index contributed by atoms with van der Waals surface area (Å²) in [5.74, 6) is -2.30. The molecule has 0 unspecified atom stereocenters. The van der Waals surface area contributed by atoms with Crippen LogP contribution in [0.2, 0.25) is 0 Å². The molecule has 2 aromatic rings. The maximum absolute atomic E-state index is 13.2. The van der Waals surface area contributed by atoms with Gasteiger partial charge in [-0.2, -0.15) is 0 Å². The predicted molar refractivity (Wildman–Crippen MR) is 88.1 cm³/mol. The average Bonchev–Trinajstić information content (AvgIpc) is 2.50. The van der Waals surface area contributed by atoms with Gasteiger partial charge in [0.15, 0.2) is 11.6 Å². The van der Waals surface area contributed by atoms with Crippen LogP contribution < -0.4 is 10.5 Å². The van der Waals surface area contributed by atoms with Crippen LogP contribution in [-0.4, -0.2) is 19.6 Å². The van der Waals surface area contributed by atoms with Gasteiger partial charge in [-0.05, 0) is 49.4 Å². The quantitative estimate of drug-likeness (QED) is 0.790. The van der Waals surface area contributed by atoms with Crippen LogP contribution >= 0.6 is 11.8 Å². The van der Waals surface area contributed by atoms with Gasteiger partial charge in [0.05, 0.1) is 10.1 Å². The first-order chi connectivity index (χ1) is 11.2. The molecule has 9 heteroatoms. The van der Waals surface area contributed by atoms with Gasteiger partial charge in [-0.1, -0.05) is 0 Å². The maximum Gasteiger partial charge on any atom is 0.238 e. The number of anilines is 1. The van der Waals surface area contributed by atoms with Crippen molar-refractivity contribution < 1.29 is 22.0 Å². The molecule has 0 aromatic heterocycles. The first-order valence-corrected chi connectivity index (χ1v) is 9.15. The molecule has 0 fully saturated rings. The lowest BCUT2D eigenvalue weighted by Crippen LogP contribution is -2.22. The van der Waals surface area contributed by atoms with E-state index >= 15 is 0 Å². The Morgan fingerprint density at radius 1 is 1.12 bits per heavy atom. The van der Waals surface area contributed by atoms with Gasteiger partial charge in [0, 0.05) is 10.6 Å². The minimum atomic E-state index is -3.80. The van der Waals surface area contributed by atoms with Crippen molar-refractivity contribution in [1.29, 1.82) is 0 Å². The van der Waals surface area contributed by atoms with Gasteiger partial charge in [-0.3, -0.25) is 4.79 Å². The number of carbonyl (C=O) groups is 1. The number of rotatable bonds is 5. The van der Waals surface area contributed by atoms with Gasteiger partial charge in [0.2, 0.25) is 15.9 Å². The van der Waals surface area contributed by atoms with Crippen molar-refractivity contribution in [3.8, 4) is 0 Å². The normalized spacial score (nSPS) is 12.7. The largest absolute Gasteiger partial charge is 0.325 e. The highest BCUT2D eigenvalue weighted by molar-refractivity contribution is 8.00. The Hall–Kier alpha value is -1.97. The van der Waals surface area contributed by atoms with E-state index in [1.54, 1.807) is 6.92 Å². The summed E-state index contributed by atoms with van der Waals surface area (Å²) >= 11 is 1.07. The number of sulfonamides is 1. The molecule has 5 nitrogen and oxygen atoms in total. The van der Waals surface area contributed by atoms with Crippen molar-refractivity contribution in [3.05, 3.63) is 54.1 Å². The molecule has 0 aliphatic carbocycles. The Bertz CT molecular complexity index is 856. The number of carbonyl (C=O) groups excluding carboxylic acids is 1. The van der Waals surface area contributed by atoms with Gasteiger partial charge in [0.25, 0.3) is 0 Å². The number of hydrogen-bond acceptors (Lipinski definition) is 4. The van der Waals surface area contributed by atoms with E-state index in [4.69, 9.17) is 5.14 Å². The topological polar surface area (TPSA) is 89.3 Å². The van der Waals surface area contributed by atoms with Gasteiger partial charge >= 0.3 is 0 Å². The average molecular weight is 372 g/mol. The van der Waals surface area contributed by atoms with E-state index in [1.807, 2.05) is 0 Å². The molecular weight excluding hydrogens is 358 g/mol. The molecule has 0 spiro atoms. The molecular formula is C15H14F2N2O3S2. The van der Waals surface area contributed by atoms with Crippen molar-refractivity contribution >= 4 is 33.4 Å². The van der Waals surface area contributed by atoms with Crippen molar-refractivity contribution in [2.75, 3.05) is 5.32 Å². The summed E-state index contributed by atoms with van der Waals surface area (Å²) < 4.78 is 48.4. The standard InChI is InChI=1S/C15H14F2N2O3S2/c1-9(23-11-4-7-13(16)14(17)8-11)15(20)19-10-2-5-12(6-3-10)24(18,21)22/h2-9H,1H3,(H,19,20)(H2,18,21,22)/t9-/m0/s1. The summed E-state index contributed by atoms with van der Waals surface area (Å²) in [6, 6.07) is 8.77. The fourth-order valence-electron chi connectivity index (χ4n) is 1.78. The number of nitrogens with one attached hydrogen (secondary N) is 1. The fraction of sp³-hybridized carbons (Fsp3) is 0.133. The second kappa shape index (κ2) is 7.29. The summed E-state index contributed by atoms with van der Waals surface area (Å²) in [7, 11) is -3.80. The number of benzene rings is 2. The lowest BCUT2D eigenvalue weighted by atomic mass is 10.3. The van der Waals surface area contributed by atoms with E-state index in [0.29, 0.717) is 10.6 Å². The number of primary sulfonamides is 1. The molecule has 0 heterocycles. The first-order valence-electron chi connectivity index (χ1n) is 6.72. The second-order valence-corrected chi connectivity index (χ2v) is 7.87. The van der Waals surface area contributed by atoms with E-state index in [-0.39, 0.29) is 10.8 Å². The molecule has 1 atom stereocenters. The van der Waals surface area contributed by atoms with Crippen LogP contribution in [0.1, 0.15) is 6.92 Å². The maximum atomic E-state index is 13.2. The molecule has 0 saturated carbocycles. The summed E-state index contributed by atoms with van der Waals surface area (Å²) in [5, 5.41) is 7.02. The van der Waals surface area contributed by atoms with Gasteiger partial charge in [-0.15, -0.1) is 11.8 Å². The zero-order valence-corrected chi connectivity index (χ0v) is 14.1. The van der Waals surface area contributed by atoms with Crippen molar-refractivity contribution in [3.63, 3.8) is 0 Å². The highest BCUT2D eigenvalue weighted by Crippen LogP contribution is 2.25. The highest BCUT2D eigenvalue weighted by atomic mass is 32.2. The molecule has 128 valence electrons. The number of nitrogens with two attached hydrogens (primary N) is 1. The van der Waals surface area contributed by atoms with Gasteiger partial charge in [-0.25, -0.2) is 22.3 Å². The Morgan fingerprint density at radius 3 is 2.29 bits per heavy atom. The zero-order chi connectivity index (χ0) is 17.9. The Kier molecular flexibility index (Phi) is 5.58. The minimum absolute atomic E-state index is 0.0651. The molecule has 24 heavy (non-hydrogen) atoms. The monoisotopic (exact) mass is 372 g/mol. The Balaban J connectivity index is 2.02. The molecule has 0 aliphatic rings. The third-order valence-electron chi connectivity index (χ3n) is 3.02. The van der Waals surface area contributed by atoms with Crippen LogP contribution in [-0.2, 0) is 14.8 Å². The van der Waals surface area contributed by atoms with Crippen LogP contribution in [0.5, 0.6) is 0 Å². The van der Waals surface area contributed by atoms with Crippen LogP contribution in [0.4, 0.5) is 14.5 Å². The van der Waals surface area contributed by atoms with E-state index in [9.17, 15) is 22.0 Å². The number of hydrogen-bond donors (Lipinski definition) is 2. The van der Waals surface area contributed by atoms with Crippen molar-refractivity contribution in [1.82, 2.24) is 0 Å².